The zero-order valence-electron chi connectivity index (χ0n) is 11.4. The third-order valence-corrected chi connectivity index (χ3v) is 4.64. The Bertz CT molecular complexity index is 553. The van der Waals surface area contributed by atoms with Crippen molar-refractivity contribution in [1.29, 1.82) is 0 Å². The number of nitrogens with zero attached hydrogens (tertiary/aromatic N) is 2. The predicted octanol–water partition coefficient (Wildman–Crippen LogP) is 3.24. The Morgan fingerprint density at radius 1 is 1.40 bits per heavy atom. The summed E-state index contributed by atoms with van der Waals surface area (Å²) in [6, 6.07) is 7.95. The first-order chi connectivity index (χ1) is 9.83. The Labute approximate surface area is 123 Å². The molecule has 3 rings (SSSR count). The molecule has 104 valence electrons. The highest BCUT2D eigenvalue weighted by Crippen LogP contribution is 2.23. The second-order valence-electron chi connectivity index (χ2n) is 5.30. The number of carbonyl (C=O) groups is 1. The van der Waals surface area contributed by atoms with Gasteiger partial charge in [0, 0.05) is 25.5 Å². The van der Waals surface area contributed by atoms with Gasteiger partial charge in [-0.15, -0.1) is 11.3 Å². The number of amides is 1. The average Bonchev–Trinajstić information content (AvgIpc) is 3.02. The fourth-order valence-corrected chi connectivity index (χ4v) is 3.52. The average molecular weight is 286 g/mol. The van der Waals surface area contributed by atoms with Crippen molar-refractivity contribution in [2.75, 3.05) is 13.1 Å². The van der Waals surface area contributed by atoms with Crippen molar-refractivity contribution in [3.05, 3.63) is 52.5 Å². The summed E-state index contributed by atoms with van der Waals surface area (Å²) in [5.74, 6) is 0.743. The first kappa shape index (κ1) is 13.3. The van der Waals surface area contributed by atoms with Crippen LogP contribution in [-0.4, -0.2) is 28.9 Å². The van der Waals surface area contributed by atoms with Crippen molar-refractivity contribution in [2.45, 2.75) is 19.3 Å². The van der Waals surface area contributed by atoms with E-state index in [9.17, 15) is 4.79 Å². The maximum absolute atomic E-state index is 12.4. The molecule has 0 bridgehead atoms. The lowest BCUT2D eigenvalue weighted by Gasteiger charge is -2.32. The van der Waals surface area contributed by atoms with Crippen LogP contribution in [0.1, 0.15) is 28.1 Å². The van der Waals surface area contributed by atoms with Crippen LogP contribution in [0.15, 0.2) is 42.0 Å². The lowest BCUT2D eigenvalue weighted by Crippen LogP contribution is -2.40. The van der Waals surface area contributed by atoms with Gasteiger partial charge >= 0.3 is 0 Å². The summed E-state index contributed by atoms with van der Waals surface area (Å²) >= 11 is 1.53. The van der Waals surface area contributed by atoms with E-state index in [1.54, 1.807) is 6.20 Å². The van der Waals surface area contributed by atoms with Crippen molar-refractivity contribution < 1.29 is 4.79 Å². The molecule has 1 saturated heterocycles. The van der Waals surface area contributed by atoms with Gasteiger partial charge in [0.2, 0.25) is 0 Å². The zero-order valence-corrected chi connectivity index (χ0v) is 12.2. The molecule has 0 saturated carbocycles. The molecule has 3 heterocycles. The first-order valence-corrected chi connectivity index (χ1v) is 7.92. The van der Waals surface area contributed by atoms with Gasteiger partial charge in [-0.1, -0.05) is 12.1 Å². The lowest BCUT2D eigenvalue weighted by atomic mass is 9.92. The van der Waals surface area contributed by atoms with Crippen LogP contribution in [-0.2, 0) is 6.42 Å². The number of piperidine rings is 1. The Morgan fingerprint density at radius 2 is 2.35 bits per heavy atom. The van der Waals surface area contributed by atoms with E-state index in [2.05, 4.69) is 11.1 Å². The number of hydrogen-bond donors (Lipinski definition) is 0. The van der Waals surface area contributed by atoms with Crippen molar-refractivity contribution in [1.82, 2.24) is 9.88 Å². The highest BCUT2D eigenvalue weighted by molar-refractivity contribution is 7.12. The Balaban J connectivity index is 1.63. The van der Waals surface area contributed by atoms with E-state index in [1.807, 2.05) is 34.7 Å². The lowest BCUT2D eigenvalue weighted by molar-refractivity contribution is 0.0678. The SMILES string of the molecule is O=C(c1cccs1)N1CCC[C@@H](Cc2cccnc2)C1. The smallest absolute Gasteiger partial charge is 0.263 e. The van der Waals surface area contributed by atoms with E-state index in [-0.39, 0.29) is 5.91 Å². The van der Waals surface area contributed by atoms with Crippen LogP contribution in [0.25, 0.3) is 0 Å². The van der Waals surface area contributed by atoms with Crippen LogP contribution in [0.2, 0.25) is 0 Å². The van der Waals surface area contributed by atoms with E-state index >= 15 is 0 Å². The van der Waals surface area contributed by atoms with E-state index in [4.69, 9.17) is 0 Å². The van der Waals surface area contributed by atoms with Gasteiger partial charge in [-0.25, -0.2) is 0 Å². The van der Waals surface area contributed by atoms with Gasteiger partial charge in [-0.2, -0.15) is 0 Å². The third-order valence-electron chi connectivity index (χ3n) is 3.79. The van der Waals surface area contributed by atoms with E-state index in [1.165, 1.54) is 23.3 Å². The Kier molecular flexibility index (Phi) is 4.11. The fourth-order valence-electron chi connectivity index (χ4n) is 2.82. The molecule has 1 fully saturated rings. The molecule has 0 spiro atoms. The molecule has 0 aromatic carbocycles. The molecule has 3 nitrogen and oxygen atoms in total. The number of carbonyl (C=O) groups excluding carboxylic acids is 1. The number of likely N-dealkylation sites (tertiary alicyclic amines) is 1. The maximum atomic E-state index is 12.4. The summed E-state index contributed by atoms with van der Waals surface area (Å²) in [6.07, 6.45) is 7.05. The molecule has 4 heteroatoms. The molecule has 0 N–H and O–H groups in total. The predicted molar refractivity (Wildman–Crippen MR) is 80.9 cm³/mol. The maximum Gasteiger partial charge on any atom is 0.263 e. The molecular weight excluding hydrogens is 268 g/mol. The number of thiophene rings is 1. The molecule has 1 amide bonds. The van der Waals surface area contributed by atoms with E-state index in [0.717, 1.165) is 30.8 Å². The van der Waals surface area contributed by atoms with Gasteiger partial charge in [0.15, 0.2) is 0 Å². The molecule has 2 aromatic heterocycles. The molecule has 20 heavy (non-hydrogen) atoms. The van der Waals surface area contributed by atoms with Crippen molar-refractivity contribution >= 4 is 17.2 Å². The second kappa shape index (κ2) is 6.18. The quantitative estimate of drug-likeness (QED) is 0.868. The highest BCUT2D eigenvalue weighted by atomic mass is 32.1. The summed E-state index contributed by atoms with van der Waals surface area (Å²) in [7, 11) is 0. The van der Waals surface area contributed by atoms with Gasteiger partial charge in [-0.05, 0) is 48.3 Å². The fraction of sp³-hybridized carbons (Fsp3) is 0.375. The van der Waals surface area contributed by atoms with Crippen LogP contribution in [0.3, 0.4) is 0 Å². The molecule has 1 aliphatic heterocycles. The molecule has 0 aliphatic carbocycles. The van der Waals surface area contributed by atoms with Crippen LogP contribution in [0.5, 0.6) is 0 Å². The summed E-state index contributed by atoms with van der Waals surface area (Å²) in [5.41, 5.74) is 1.27. The largest absolute Gasteiger partial charge is 0.338 e. The Hall–Kier alpha value is -1.68. The summed E-state index contributed by atoms with van der Waals surface area (Å²) in [6.45, 7) is 1.76. The number of aromatic nitrogens is 1. The standard InChI is InChI=1S/C16H18N2OS/c19-16(15-6-3-9-20-15)18-8-2-5-14(12-18)10-13-4-1-7-17-11-13/h1,3-4,6-7,9,11,14H,2,5,8,10,12H2/t14-/m0/s1. The minimum atomic E-state index is 0.191. The van der Waals surface area contributed by atoms with Crippen molar-refractivity contribution in [2.24, 2.45) is 5.92 Å². The molecule has 1 atom stereocenters. The minimum Gasteiger partial charge on any atom is -0.338 e. The third kappa shape index (κ3) is 3.07. The summed E-state index contributed by atoms with van der Waals surface area (Å²) in [5, 5.41) is 1.96. The van der Waals surface area contributed by atoms with Crippen LogP contribution in [0, 0.1) is 5.92 Å². The molecule has 1 aliphatic rings. The van der Waals surface area contributed by atoms with Crippen molar-refractivity contribution in [3.63, 3.8) is 0 Å². The molecule has 0 unspecified atom stereocenters. The minimum absolute atomic E-state index is 0.191. The van der Waals surface area contributed by atoms with E-state index < -0.39 is 0 Å². The first-order valence-electron chi connectivity index (χ1n) is 7.04. The molecule has 2 aromatic rings. The highest BCUT2D eigenvalue weighted by Gasteiger charge is 2.25. The van der Waals surface area contributed by atoms with Gasteiger partial charge in [0.25, 0.3) is 5.91 Å². The zero-order chi connectivity index (χ0) is 13.8. The monoisotopic (exact) mass is 286 g/mol. The topological polar surface area (TPSA) is 33.2 Å². The van der Waals surface area contributed by atoms with Crippen LogP contribution < -0.4 is 0 Å². The summed E-state index contributed by atoms with van der Waals surface area (Å²) in [4.78, 5) is 19.4. The number of pyridine rings is 1. The second-order valence-corrected chi connectivity index (χ2v) is 6.25. The Morgan fingerprint density at radius 3 is 3.10 bits per heavy atom. The van der Waals surface area contributed by atoms with Gasteiger partial charge in [-0.3, -0.25) is 9.78 Å². The van der Waals surface area contributed by atoms with Crippen molar-refractivity contribution in [3.8, 4) is 0 Å². The van der Waals surface area contributed by atoms with Gasteiger partial charge in [0.1, 0.15) is 0 Å². The van der Waals surface area contributed by atoms with Crippen LogP contribution in [0.4, 0.5) is 0 Å². The van der Waals surface area contributed by atoms with Gasteiger partial charge in [0.05, 0.1) is 4.88 Å². The van der Waals surface area contributed by atoms with Crippen LogP contribution >= 0.6 is 11.3 Å². The van der Waals surface area contributed by atoms with Gasteiger partial charge < -0.3 is 4.90 Å². The van der Waals surface area contributed by atoms with E-state index in [0.29, 0.717) is 5.92 Å². The molecule has 0 radical (unpaired) electrons. The summed E-state index contributed by atoms with van der Waals surface area (Å²) < 4.78 is 0. The number of hydrogen-bond acceptors (Lipinski definition) is 3. The number of rotatable bonds is 3. The molecular formula is C16H18N2OS. The normalized spacial score (nSPS) is 19.0.